The van der Waals surface area contributed by atoms with E-state index in [-0.39, 0.29) is 0 Å². The molecular weight excluding hydrogens is 250 g/mol. The number of piperidine rings is 1. The molecule has 1 fully saturated rings. The van der Waals surface area contributed by atoms with E-state index in [1.54, 1.807) is 0 Å². The minimum Gasteiger partial charge on any atom is -0.465 e. The number of furan rings is 1. The molecule has 0 saturated carbocycles. The summed E-state index contributed by atoms with van der Waals surface area (Å²) in [6.45, 7) is 5.35. The molecule has 2 aromatic rings. The molecule has 0 amide bonds. The predicted molar refractivity (Wildman–Crippen MR) is 78.5 cm³/mol. The molecule has 0 spiro atoms. The second-order valence-corrected chi connectivity index (χ2v) is 5.72. The van der Waals surface area contributed by atoms with Crippen molar-refractivity contribution in [1.29, 1.82) is 0 Å². The SMILES string of the molecule is CCc1ccc(CN2CCC(c3cnn(C)c3)CC2)o1. The monoisotopic (exact) mass is 273 g/mol. The molecule has 1 saturated heterocycles. The molecule has 0 N–H and O–H groups in total. The first-order chi connectivity index (χ1) is 9.74. The molecule has 0 aliphatic carbocycles. The van der Waals surface area contributed by atoms with E-state index < -0.39 is 0 Å². The number of hydrogen-bond acceptors (Lipinski definition) is 3. The summed E-state index contributed by atoms with van der Waals surface area (Å²) in [6, 6.07) is 4.21. The lowest BCUT2D eigenvalue weighted by molar-refractivity contribution is 0.190. The fraction of sp³-hybridized carbons (Fsp3) is 0.562. The van der Waals surface area contributed by atoms with Crippen LogP contribution in [0.1, 0.15) is 42.8 Å². The normalized spacial score (nSPS) is 17.7. The minimum atomic E-state index is 0.669. The first-order valence-corrected chi connectivity index (χ1v) is 7.53. The topological polar surface area (TPSA) is 34.2 Å². The number of rotatable bonds is 4. The van der Waals surface area contributed by atoms with Crippen molar-refractivity contribution in [2.24, 2.45) is 7.05 Å². The van der Waals surface area contributed by atoms with Gasteiger partial charge in [-0.15, -0.1) is 0 Å². The molecule has 0 atom stereocenters. The van der Waals surface area contributed by atoms with E-state index in [2.05, 4.69) is 35.3 Å². The van der Waals surface area contributed by atoms with Crippen molar-refractivity contribution >= 4 is 0 Å². The van der Waals surface area contributed by atoms with Crippen LogP contribution in [-0.2, 0) is 20.0 Å². The lowest BCUT2D eigenvalue weighted by Crippen LogP contribution is -2.32. The van der Waals surface area contributed by atoms with Crippen LogP contribution in [0, 0.1) is 0 Å². The standard InChI is InChI=1S/C16H23N3O/c1-3-15-4-5-16(20-15)12-19-8-6-13(7-9-19)14-10-17-18(2)11-14/h4-5,10-11,13H,3,6-9,12H2,1-2H3. The van der Waals surface area contributed by atoms with Crippen LogP contribution in [0.4, 0.5) is 0 Å². The molecule has 0 radical (unpaired) electrons. The zero-order valence-electron chi connectivity index (χ0n) is 12.4. The highest BCUT2D eigenvalue weighted by Crippen LogP contribution is 2.28. The molecule has 0 unspecified atom stereocenters. The van der Waals surface area contributed by atoms with Gasteiger partial charge >= 0.3 is 0 Å². The number of likely N-dealkylation sites (tertiary alicyclic amines) is 1. The van der Waals surface area contributed by atoms with Gasteiger partial charge in [0.25, 0.3) is 0 Å². The quantitative estimate of drug-likeness (QED) is 0.859. The number of hydrogen-bond donors (Lipinski definition) is 0. The Morgan fingerprint density at radius 1 is 1.25 bits per heavy atom. The molecule has 20 heavy (non-hydrogen) atoms. The summed E-state index contributed by atoms with van der Waals surface area (Å²) in [7, 11) is 1.99. The Kier molecular flexibility index (Phi) is 3.92. The maximum atomic E-state index is 5.80. The van der Waals surface area contributed by atoms with Gasteiger partial charge in [0, 0.05) is 19.7 Å². The van der Waals surface area contributed by atoms with Gasteiger partial charge in [-0.3, -0.25) is 9.58 Å². The smallest absolute Gasteiger partial charge is 0.118 e. The van der Waals surface area contributed by atoms with Crippen molar-refractivity contribution < 1.29 is 4.42 Å². The second-order valence-electron chi connectivity index (χ2n) is 5.72. The van der Waals surface area contributed by atoms with Crippen LogP contribution in [-0.4, -0.2) is 27.8 Å². The van der Waals surface area contributed by atoms with Gasteiger partial charge in [-0.1, -0.05) is 6.92 Å². The maximum Gasteiger partial charge on any atom is 0.118 e. The number of aromatic nitrogens is 2. The number of aryl methyl sites for hydroxylation is 2. The van der Waals surface area contributed by atoms with Crippen molar-refractivity contribution in [2.45, 2.75) is 38.6 Å². The van der Waals surface area contributed by atoms with Gasteiger partial charge in [0.2, 0.25) is 0 Å². The molecule has 0 bridgehead atoms. The van der Waals surface area contributed by atoms with Gasteiger partial charge in [-0.2, -0.15) is 5.10 Å². The third kappa shape index (κ3) is 2.96. The van der Waals surface area contributed by atoms with Gasteiger partial charge < -0.3 is 4.42 Å². The van der Waals surface area contributed by atoms with Crippen LogP contribution < -0.4 is 0 Å². The predicted octanol–water partition coefficient (Wildman–Crippen LogP) is 2.96. The number of nitrogens with zero attached hydrogens (tertiary/aromatic N) is 3. The molecule has 1 aliphatic rings. The lowest BCUT2D eigenvalue weighted by atomic mass is 9.91. The average molecular weight is 273 g/mol. The summed E-state index contributed by atoms with van der Waals surface area (Å²) in [5, 5.41) is 4.28. The van der Waals surface area contributed by atoms with Crippen molar-refractivity contribution in [1.82, 2.24) is 14.7 Å². The van der Waals surface area contributed by atoms with Crippen molar-refractivity contribution in [2.75, 3.05) is 13.1 Å². The van der Waals surface area contributed by atoms with Crippen LogP contribution in [0.25, 0.3) is 0 Å². The van der Waals surface area contributed by atoms with Gasteiger partial charge in [-0.25, -0.2) is 0 Å². The van der Waals surface area contributed by atoms with Crippen LogP contribution in [0.5, 0.6) is 0 Å². The Bertz CT molecular complexity index is 550. The fourth-order valence-electron chi connectivity index (χ4n) is 2.99. The highest BCUT2D eigenvalue weighted by Gasteiger charge is 2.22. The summed E-state index contributed by atoms with van der Waals surface area (Å²) in [5.74, 6) is 2.86. The van der Waals surface area contributed by atoms with E-state index in [9.17, 15) is 0 Å². The van der Waals surface area contributed by atoms with Gasteiger partial charge in [0.15, 0.2) is 0 Å². The van der Waals surface area contributed by atoms with Crippen LogP contribution in [0.15, 0.2) is 28.9 Å². The van der Waals surface area contributed by atoms with Crippen LogP contribution in [0.3, 0.4) is 0 Å². The van der Waals surface area contributed by atoms with Crippen molar-refractivity contribution in [3.05, 3.63) is 41.6 Å². The minimum absolute atomic E-state index is 0.669. The molecule has 4 heteroatoms. The second kappa shape index (κ2) is 5.83. The van der Waals surface area contributed by atoms with Gasteiger partial charge in [0.1, 0.15) is 11.5 Å². The Balaban J connectivity index is 1.53. The first-order valence-electron chi connectivity index (χ1n) is 7.53. The maximum absolute atomic E-state index is 5.80. The Morgan fingerprint density at radius 2 is 2.00 bits per heavy atom. The van der Waals surface area contributed by atoms with Crippen molar-refractivity contribution in [3.8, 4) is 0 Å². The first kappa shape index (κ1) is 13.4. The summed E-state index contributed by atoms with van der Waals surface area (Å²) < 4.78 is 7.69. The average Bonchev–Trinajstić information content (AvgIpc) is 3.09. The van der Waals surface area contributed by atoms with E-state index in [0.717, 1.165) is 37.6 Å². The summed E-state index contributed by atoms with van der Waals surface area (Å²) in [6.07, 6.45) is 7.57. The Labute approximate surface area is 120 Å². The molecule has 0 aromatic carbocycles. The summed E-state index contributed by atoms with van der Waals surface area (Å²) in [5.41, 5.74) is 1.39. The zero-order valence-corrected chi connectivity index (χ0v) is 12.4. The molecule has 2 aromatic heterocycles. The highest BCUT2D eigenvalue weighted by molar-refractivity contribution is 5.12. The summed E-state index contributed by atoms with van der Waals surface area (Å²) >= 11 is 0. The van der Waals surface area contributed by atoms with Crippen LogP contribution in [0.2, 0.25) is 0 Å². The third-order valence-electron chi connectivity index (χ3n) is 4.23. The molecule has 4 nitrogen and oxygen atoms in total. The van der Waals surface area contributed by atoms with Crippen molar-refractivity contribution in [3.63, 3.8) is 0 Å². The fourth-order valence-corrected chi connectivity index (χ4v) is 2.99. The van der Waals surface area contributed by atoms with Crippen LogP contribution >= 0.6 is 0 Å². The molecular formula is C16H23N3O. The molecule has 3 heterocycles. The largest absolute Gasteiger partial charge is 0.465 e. The zero-order chi connectivity index (χ0) is 13.9. The van der Waals surface area contributed by atoms with E-state index in [0.29, 0.717) is 5.92 Å². The summed E-state index contributed by atoms with van der Waals surface area (Å²) in [4.78, 5) is 2.49. The molecule has 3 rings (SSSR count). The lowest BCUT2D eigenvalue weighted by Gasteiger charge is -2.30. The van der Waals surface area contributed by atoms with E-state index in [1.165, 1.54) is 18.4 Å². The third-order valence-corrected chi connectivity index (χ3v) is 4.23. The Hall–Kier alpha value is -1.55. The Morgan fingerprint density at radius 3 is 2.60 bits per heavy atom. The molecule has 1 aliphatic heterocycles. The molecule has 108 valence electrons. The van der Waals surface area contributed by atoms with E-state index in [1.807, 2.05) is 17.9 Å². The van der Waals surface area contributed by atoms with Gasteiger partial charge in [-0.05, 0) is 49.5 Å². The highest BCUT2D eigenvalue weighted by atomic mass is 16.3. The van der Waals surface area contributed by atoms with E-state index in [4.69, 9.17) is 4.42 Å². The van der Waals surface area contributed by atoms with E-state index >= 15 is 0 Å². The van der Waals surface area contributed by atoms with Gasteiger partial charge in [0.05, 0.1) is 12.7 Å².